The van der Waals surface area contributed by atoms with Crippen molar-refractivity contribution in [3.63, 3.8) is 0 Å². The number of carbonyl (C=O) groups is 1. The van der Waals surface area contributed by atoms with Crippen LogP contribution in [0.3, 0.4) is 0 Å². The second kappa shape index (κ2) is 5.25. The number of carbonyl (C=O) groups excluding carboxylic acids is 1. The summed E-state index contributed by atoms with van der Waals surface area (Å²) in [5.74, 6) is 0.500. The van der Waals surface area contributed by atoms with E-state index in [1.54, 1.807) is 11.3 Å². The molecule has 3 aromatic rings. The van der Waals surface area contributed by atoms with E-state index in [-0.39, 0.29) is 5.78 Å². The minimum absolute atomic E-state index is 0.0448. The lowest BCUT2D eigenvalue weighted by Gasteiger charge is -1.94. The Kier molecular flexibility index (Phi) is 3.45. The van der Waals surface area contributed by atoms with E-state index in [2.05, 4.69) is 13.0 Å². The first-order chi connectivity index (χ1) is 9.65. The van der Waals surface area contributed by atoms with Gasteiger partial charge in [-0.25, -0.2) is 0 Å². The summed E-state index contributed by atoms with van der Waals surface area (Å²) in [6.07, 6.45) is 1.44. The van der Waals surface area contributed by atoms with E-state index in [4.69, 9.17) is 4.42 Å². The SMILES string of the molecule is CCc1ccc(CC(=O)c2cc3cc(C)ccc3o2)s1. The third-order valence-electron chi connectivity index (χ3n) is 3.35. The Balaban J connectivity index is 1.84. The minimum atomic E-state index is 0.0448. The molecule has 20 heavy (non-hydrogen) atoms. The lowest BCUT2D eigenvalue weighted by atomic mass is 10.1. The van der Waals surface area contributed by atoms with Crippen LogP contribution in [0.5, 0.6) is 0 Å². The molecule has 2 heterocycles. The van der Waals surface area contributed by atoms with Crippen molar-refractivity contribution in [2.75, 3.05) is 0 Å². The fraction of sp³-hybridized carbons (Fsp3) is 0.235. The predicted molar refractivity (Wildman–Crippen MR) is 82.7 cm³/mol. The number of hydrogen-bond acceptors (Lipinski definition) is 3. The van der Waals surface area contributed by atoms with Gasteiger partial charge in [-0.05, 0) is 43.7 Å². The van der Waals surface area contributed by atoms with Crippen LogP contribution < -0.4 is 0 Å². The molecule has 0 saturated carbocycles. The highest BCUT2D eigenvalue weighted by molar-refractivity contribution is 7.12. The topological polar surface area (TPSA) is 30.2 Å². The molecule has 0 bridgehead atoms. The van der Waals surface area contributed by atoms with Gasteiger partial charge in [-0.15, -0.1) is 11.3 Å². The fourth-order valence-corrected chi connectivity index (χ4v) is 3.21. The van der Waals surface area contributed by atoms with E-state index in [0.29, 0.717) is 12.2 Å². The van der Waals surface area contributed by atoms with Gasteiger partial charge in [-0.1, -0.05) is 18.6 Å². The van der Waals surface area contributed by atoms with Crippen molar-refractivity contribution in [1.82, 2.24) is 0 Å². The molecule has 0 saturated heterocycles. The highest BCUT2D eigenvalue weighted by Crippen LogP contribution is 2.23. The van der Waals surface area contributed by atoms with Gasteiger partial charge >= 0.3 is 0 Å². The molecule has 0 aliphatic rings. The van der Waals surface area contributed by atoms with Crippen LogP contribution in [-0.4, -0.2) is 5.78 Å². The first-order valence-electron chi connectivity index (χ1n) is 6.76. The number of thiophene rings is 1. The van der Waals surface area contributed by atoms with E-state index in [9.17, 15) is 4.79 Å². The number of hydrogen-bond donors (Lipinski definition) is 0. The van der Waals surface area contributed by atoms with Crippen LogP contribution in [0, 0.1) is 6.92 Å². The number of ketones is 1. The number of furan rings is 1. The molecule has 3 heteroatoms. The van der Waals surface area contributed by atoms with Crippen molar-refractivity contribution in [2.45, 2.75) is 26.7 Å². The molecule has 0 spiro atoms. The third-order valence-corrected chi connectivity index (χ3v) is 4.58. The van der Waals surface area contributed by atoms with Crippen LogP contribution in [-0.2, 0) is 12.8 Å². The molecule has 0 N–H and O–H groups in total. The van der Waals surface area contributed by atoms with Gasteiger partial charge in [0.05, 0.1) is 0 Å². The number of rotatable bonds is 4. The summed E-state index contributed by atoms with van der Waals surface area (Å²) < 4.78 is 5.65. The largest absolute Gasteiger partial charge is 0.453 e. The fourth-order valence-electron chi connectivity index (χ4n) is 2.25. The van der Waals surface area contributed by atoms with Gasteiger partial charge in [0.1, 0.15) is 5.58 Å². The highest BCUT2D eigenvalue weighted by atomic mass is 32.1. The lowest BCUT2D eigenvalue weighted by molar-refractivity contribution is 0.0969. The van der Waals surface area contributed by atoms with Gasteiger partial charge in [0.15, 0.2) is 5.76 Å². The van der Waals surface area contributed by atoms with Gasteiger partial charge < -0.3 is 4.42 Å². The smallest absolute Gasteiger partial charge is 0.203 e. The molecular formula is C17H16O2S. The zero-order valence-electron chi connectivity index (χ0n) is 11.6. The molecular weight excluding hydrogens is 268 g/mol. The summed E-state index contributed by atoms with van der Waals surface area (Å²) in [7, 11) is 0. The van der Waals surface area contributed by atoms with E-state index in [1.165, 1.54) is 10.4 Å². The van der Waals surface area contributed by atoms with Gasteiger partial charge in [0.2, 0.25) is 5.78 Å². The monoisotopic (exact) mass is 284 g/mol. The van der Waals surface area contributed by atoms with E-state index in [1.807, 2.05) is 37.3 Å². The Morgan fingerprint density at radius 3 is 2.70 bits per heavy atom. The molecule has 3 rings (SSSR count). The van der Waals surface area contributed by atoms with Crippen molar-refractivity contribution in [3.05, 3.63) is 57.5 Å². The zero-order valence-corrected chi connectivity index (χ0v) is 12.4. The molecule has 102 valence electrons. The summed E-state index contributed by atoms with van der Waals surface area (Å²) in [5, 5.41) is 0.994. The predicted octanol–water partition coefficient (Wildman–Crippen LogP) is 4.79. The highest BCUT2D eigenvalue weighted by Gasteiger charge is 2.14. The Labute approximate surface area is 122 Å². The van der Waals surface area contributed by atoms with E-state index < -0.39 is 0 Å². The van der Waals surface area contributed by atoms with Gasteiger partial charge in [0.25, 0.3) is 0 Å². The average Bonchev–Trinajstić information content (AvgIpc) is 3.04. The summed E-state index contributed by atoms with van der Waals surface area (Å²) in [6.45, 7) is 4.16. The number of aryl methyl sites for hydroxylation is 2. The van der Waals surface area contributed by atoms with Crippen LogP contribution in [0.4, 0.5) is 0 Å². The molecule has 2 nitrogen and oxygen atoms in total. The standard InChI is InChI=1S/C17H16O2S/c1-3-13-5-6-14(20-13)10-15(18)17-9-12-8-11(2)4-7-16(12)19-17/h4-9H,3,10H2,1-2H3. The number of benzene rings is 1. The maximum Gasteiger partial charge on any atom is 0.203 e. The normalized spacial score (nSPS) is 11.1. The molecule has 2 aromatic heterocycles. The van der Waals surface area contributed by atoms with Crippen molar-refractivity contribution >= 4 is 28.1 Å². The van der Waals surface area contributed by atoms with Crippen molar-refractivity contribution in [3.8, 4) is 0 Å². The Hall–Kier alpha value is -1.87. The third kappa shape index (κ3) is 2.54. The molecule has 0 radical (unpaired) electrons. The molecule has 0 aliphatic carbocycles. The van der Waals surface area contributed by atoms with Crippen molar-refractivity contribution in [2.24, 2.45) is 0 Å². The summed E-state index contributed by atoms with van der Waals surface area (Å²) in [4.78, 5) is 14.7. The minimum Gasteiger partial charge on any atom is -0.453 e. The second-order valence-corrected chi connectivity index (χ2v) is 6.23. The Morgan fingerprint density at radius 1 is 1.15 bits per heavy atom. The quantitative estimate of drug-likeness (QED) is 0.645. The first-order valence-corrected chi connectivity index (χ1v) is 7.58. The molecule has 0 amide bonds. The van der Waals surface area contributed by atoms with Crippen LogP contribution in [0.15, 0.2) is 40.8 Å². The van der Waals surface area contributed by atoms with E-state index >= 15 is 0 Å². The van der Waals surface area contributed by atoms with Crippen LogP contribution >= 0.6 is 11.3 Å². The summed E-state index contributed by atoms with van der Waals surface area (Å²) in [5.41, 5.74) is 1.95. The Morgan fingerprint density at radius 2 is 1.95 bits per heavy atom. The maximum absolute atomic E-state index is 12.3. The average molecular weight is 284 g/mol. The number of fused-ring (bicyclic) bond motifs is 1. The van der Waals surface area contributed by atoms with Crippen molar-refractivity contribution < 1.29 is 9.21 Å². The zero-order chi connectivity index (χ0) is 14.1. The second-order valence-electron chi connectivity index (χ2n) is 4.97. The lowest BCUT2D eigenvalue weighted by Crippen LogP contribution is -1.99. The molecule has 0 aliphatic heterocycles. The van der Waals surface area contributed by atoms with Crippen LogP contribution in [0.2, 0.25) is 0 Å². The van der Waals surface area contributed by atoms with Gasteiger partial charge in [0, 0.05) is 21.6 Å². The van der Waals surface area contributed by atoms with Crippen LogP contribution in [0.1, 0.15) is 32.8 Å². The molecule has 0 fully saturated rings. The van der Waals surface area contributed by atoms with Gasteiger partial charge in [-0.3, -0.25) is 4.79 Å². The molecule has 0 atom stereocenters. The van der Waals surface area contributed by atoms with Gasteiger partial charge in [-0.2, -0.15) is 0 Å². The maximum atomic E-state index is 12.3. The molecule has 1 aromatic carbocycles. The Bertz CT molecular complexity index is 764. The first kappa shape index (κ1) is 13.1. The summed E-state index contributed by atoms with van der Waals surface area (Å²) in [6, 6.07) is 11.9. The van der Waals surface area contributed by atoms with Crippen LogP contribution in [0.25, 0.3) is 11.0 Å². The molecule has 0 unspecified atom stereocenters. The summed E-state index contributed by atoms with van der Waals surface area (Å²) >= 11 is 1.70. The van der Waals surface area contributed by atoms with E-state index in [0.717, 1.165) is 22.3 Å². The van der Waals surface area contributed by atoms with Crippen molar-refractivity contribution in [1.29, 1.82) is 0 Å². The number of Topliss-reactive ketones (excluding diaryl/α,β-unsaturated/α-hetero) is 1.